The molecule has 0 saturated carbocycles. The Morgan fingerprint density at radius 2 is 2.21 bits per heavy atom. The van der Waals surface area contributed by atoms with Crippen LogP contribution in [0.5, 0.6) is 0 Å². The SMILES string of the molecule is CCc1cccnc1-c1noc(CC(=O)C(C)C)n1. The fraction of sp³-hybridized carbons (Fsp3) is 0.429. The molecule has 2 aromatic rings. The second-order valence-corrected chi connectivity index (χ2v) is 4.67. The maximum absolute atomic E-state index is 11.6. The maximum Gasteiger partial charge on any atom is 0.234 e. The zero-order valence-electron chi connectivity index (χ0n) is 11.4. The molecule has 0 N–H and O–H groups in total. The summed E-state index contributed by atoms with van der Waals surface area (Å²) in [6.07, 6.45) is 2.72. The van der Waals surface area contributed by atoms with Crippen molar-refractivity contribution in [3.05, 3.63) is 29.8 Å². The minimum Gasteiger partial charge on any atom is -0.338 e. The minimum absolute atomic E-state index is 0.0311. The topological polar surface area (TPSA) is 68.9 Å². The number of nitrogens with zero attached hydrogens (tertiary/aromatic N) is 3. The molecule has 0 spiro atoms. The van der Waals surface area contributed by atoms with E-state index in [1.54, 1.807) is 6.20 Å². The molecular formula is C14H17N3O2. The van der Waals surface area contributed by atoms with Crippen LogP contribution in [0, 0.1) is 5.92 Å². The summed E-state index contributed by atoms with van der Waals surface area (Å²) in [6, 6.07) is 3.86. The first kappa shape index (κ1) is 13.4. The Labute approximate surface area is 112 Å². The third-order valence-corrected chi connectivity index (χ3v) is 2.92. The molecule has 0 saturated heterocycles. The van der Waals surface area contributed by atoms with E-state index >= 15 is 0 Å². The molecule has 2 rings (SSSR count). The summed E-state index contributed by atoms with van der Waals surface area (Å²) in [5.74, 6) is 0.855. The molecule has 0 aliphatic rings. The van der Waals surface area contributed by atoms with E-state index in [0.717, 1.165) is 17.7 Å². The van der Waals surface area contributed by atoms with Gasteiger partial charge in [0.05, 0.1) is 6.42 Å². The van der Waals surface area contributed by atoms with E-state index in [2.05, 4.69) is 15.1 Å². The van der Waals surface area contributed by atoms with Gasteiger partial charge in [0.1, 0.15) is 11.5 Å². The Morgan fingerprint density at radius 1 is 1.42 bits per heavy atom. The summed E-state index contributed by atoms with van der Waals surface area (Å²) in [5, 5.41) is 3.91. The fourth-order valence-corrected chi connectivity index (χ4v) is 1.70. The predicted octanol–water partition coefficient (Wildman–Crippen LogP) is 2.46. The molecule has 5 nitrogen and oxygen atoms in total. The van der Waals surface area contributed by atoms with Crippen LogP contribution in [-0.2, 0) is 17.6 Å². The molecule has 2 heterocycles. The average molecular weight is 259 g/mol. The molecule has 5 heteroatoms. The number of Topliss-reactive ketones (excluding diaryl/α,β-unsaturated/α-hetero) is 1. The van der Waals surface area contributed by atoms with Gasteiger partial charge in [0, 0.05) is 12.1 Å². The highest BCUT2D eigenvalue weighted by Gasteiger charge is 2.16. The third-order valence-electron chi connectivity index (χ3n) is 2.92. The van der Waals surface area contributed by atoms with Gasteiger partial charge in [-0.15, -0.1) is 0 Å². The molecule has 0 fully saturated rings. The van der Waals surface area contributed by atoms with Crippen LogP contribution in [0.4, 0.5) is 0 Å². The number of carbonyl (C=O) groups is 1. The van der Waals surface area contributed by atoms with Gasteiger partial charge < -0.3 is 4.52 Å². The molecule has 0 radical (unpaired) electrons. The van der Waals surface area contributed by atoms with Crippen LogP contribution in [0.1, 0.15) is 32.2 Å². The highest BCUT2D eigenvalue weighted by molar-refractivity contribution is 5.81. The van der Waals surface area contributed by atoms with E-state index < -0.39 is 0 Å². The molecule has 0 unspecified atom stereocenters. The van der Waals surface area contributed by atoms with Crippen LogP contribution in [0.3, 0.4) is 0 Å². The van der Waals surface area contributed by atoms with Gasteiger partial charge in [0.2, 0.25) is 11.7 Å². The lowest BCUT2D eigenvalue weighted by atomic mass is 10.1. The number of ketones is 1. The van der Waals surface area contributed by atoms with Crippen molar-refractivity contribution < 1.29 is 9.32 Å². The van der Waals surface area contributed by atoms with E-state index in [-0.39, 0.29) is 18.1 Å². The van der Waals surface area contributed by atoms with E-state index in [1.165, 1.54) is 0 Å². The minimum atomic E-state index is -0.0311. The highest BCUT2D eigenvalue weighted by atomic mass is 16.5. The van der Waals surface area contributed by atoms with E-state index in [0.29, 0.717) is 11.7 Å². The van der Waals surface area contributed by atoms with Gasteiger partial charge in [-0.3, -0.25) is 9.78 Å². The molecule has 0 atom stereocenters. The monoisotopic (exact) mass is 259 g/mol. The Kier molecular flexibility index (Phi) is 4.04. The molecule has 100 valence electrons. The van der Waals surface area contributed by atoms with E-state index in [1.807, 2.05) is 32.9 Å². The molecule has 19 heavy (non-hydrogen) atoms. The van der Waals surface area contributed by atoms with Crippen molar-refractivity contribution in [3.63, 3.8) is 0 Å². The molecule has 2 aromatic heterocycles. The molecule has 0 aromatic carbocycles. The van der Waals surface area contributed by atoms with Crippen LogP contribution >= 0.6 is 0 Å². The summed E-state index contributed by atoms with van der Waals surface area (Å²) in [5.41, 5.74) is 1.78. The number of aromatic nitrogens is 3. The second-order valence-electron chi connectivity index (χ2n) is 4.67. The molecule has 0 aliphatic heterocycles. The largest absolute Gasteiger partial charge is 0.338 e. The van der Waals surface area contributed by atoms with Crippen molar-refractivity contribution in [2.45, 2.75) is 33.6 Å². The summed E-state index contributed by atoms with van der Waals surface area (Å²) >= 11 is 0. The van der Waals surface area contributed by atoms with Crippen molar-refractivity contribution in [1.29, 1.82) is 0 Å². The number of hydrogen-bond donors (Lipinski definition) is 0. The number of pyridine rings is 1. The van der Waals surface area contributed by atoms with Gasteiger partial charge in [0.15, 0.2) is 0 Å². The summed E-state index contributed by atoms with van der Waals surface area (Å²) < 4.78 is 5.12. The van der Waals surface area contributed by atoms with Crippen LogP contribution in [0.15, 0.2) is 22.9 Å². The maximum atomic E-state index is 11.6. The van der Waals surface area contributed by atoms with Crippen LogP contribution < -0.4 is 0 Å². The van der Waals surface area contributed by atoms with Crippen molar-refractivity contribution >= 4 is 5.78 Å². The number of aryl methyl sites for hydroxylation is 1. The fourth-order valence-electron chi connectivity index (χ4n) is 1.70. The van der Waals surface area contributed by atoms with Gasteiger partial charge >= 0.3 is 0 Å². The Bertz CT molecular complexity index is 576. The van der Waals surface area contributed by atoms with Gasteiger partial charge in [-0.2, -0.15) is 4.98 Å². The molecule has 0 aliphatic carbocycles. The first-order chi connectivity index (χ1) is 9.11. The zero-order valence-corrected chi connectivity index (χ0v) is 11.4. The lowest BCUT2D eigenvalue weighted by Crippen LogP contribution is -2.10. The lowest BCUT2D eigenvalue weighted by Gasteiger charge is -2.00. The Morgan fingerprint density at radius 3 is 2.89 bits per heavy atom. The van der Waals surface area contributed by atoms with Crippen molar-refractivity contribution in [1.82, 2.24) is 15.1 Å². The first-order valence-corrected chi connectivity index (χ1v) is 6.41. The van der Waals surface area contributed by atoms with Gasteiger partial charge in [0.25, 0.3) is 0 Å². The number of carbonyl (C=O) groups excluding carboxylic acids is 1. The average Bonchev–Trinajstić information content (AvgIpc) is 2.86. The molecule has 0 amide bonds. The van der Waals surface area contributed by atoms with Gasteiger partial charge in [-0.05, 0) is 18.1 Å². The summed E-state index contributed by atoms with van der Waals surface area (Å²) in [7, 11) is 0. The van der Waals surface area contributed by atoms with E-state index in [9.17, 15) is 4.79 Å². The van der Waals surface area contributed by atoms with Gasteiger partial charge in [-0.25, -0.2) is 0 Å². The predicted molar refractivity (Wildman–Crippen MR) is 70.5 cm³/mol. The summed E-state index contributed by atoms with van der Waals surface area (Å²) in [4.78, 5) is 20.2. The number of hydrogen-bond acceptors (Lipinski definition) is 5. The zero-order chi connectivity index (χ0) is 13.8. The number of rotatable bonds is 5. The van der Waals surface area contributed by atoms with Crippen LogP contribution in [-0.4, -0.2) is 20.9 Å². The normalized spacial score (nSPS) is 10.9. The van der Waals surface area contributed by atoms with Crippen molar-refractivity contribution in [2.24, 2.45) is 5.92 Å². The smallest absolute Gasteiger partial charge is 0.234 e. The standard InChI is InChI=1S/C14H17N3O2/c1-4-10-6-5-7-15-13(10)14-16-12(19-17-14)8-11(18)9(2)3/h5-7,9H,4,8H2,1-3H3. The first-order valence-electron chi connectivity index (χ1n) is 6.41. The van der Waals surface area contributed by atoms with Crippen molar-refractivity contribution in [3.8, 4) is 11.5 Å². The van der Waals surface area contributed by atoms with Crippen LogP contribution in [0.25, 0.3) is 11.5 Å². The Balaban J connectivity index is 2.23. The second kappa shape index (κ2) is 5.73. The highest BCUT2D eigenvalue weighted by Crippen LogP contribution is 2.18. The van der Waals surface area contributed by atoms with Crippen LogP contribution in [0.2, 0.25) is 0 Å². The molecule has 0 bridgehead atoms. The van der Waals surface area contributed by atoms with E-state index in [4.69, 9.17) is 4.52 Å². The van der Waals surface area contributed by atoms with Crippen molar-refractivity contribution in [2.75, 3.05) is 0 Å². The third kappa shape index (κ3) is 3.05. The Hall–Kier alpha value is -2.04. The quantitative estimate of drug-likeness (QED) is 0.825. The van der Waals surface area contributed by atoms with Gasteiger partial charge in [-0.1, -0.05) is 32.0 Å². The molecular weight excluding hydrogens is 242 g/mol. The summed E-state index contributed by atoms with van der Waals surface area (Å²) in [6.45, 7) is 5.75. The lowest BCUT2D eigenvalue weighted by molar-refractivity contribution is -0.121.